The summed E-state index contributed by atoms with van der Waals surface area (Å²) in [6, 6.07) is 5.71. The molecule has 0 amide bonds. The van der Waals surface area contributed by atoms with E-state index in [-0.39, 0.29) is 5.54 Å². The molecule has 2 rings (SSSR count). The molecule has 0 aromatic heterocycles. The Morgan fingerprint density at radius 3 is 2.81 bits per heavy atom. The van der Waals surface area contributed by atoms with E-state index < -0.39 is 0 Å². The summed E-state index contributed by atoms with van der Waals surface area (Å²) in [6.07, 6.45) is 4.90. The molecule has 1 nitrogen and oxygen atoms in total. The zero-order valence-corrected chi connectivity index (χ0v) is 11.0. The van der Waals surface area contributed by atoms with Crippen LogP contribution in [-0.4, -0.2) is 6.54 Å². The van der Waals surface area contributed by atoms with Crippen LogP contribution >= 0.6 is 23.2 Å². The molecule has 0 spiro atoms. The minimum Gasteiger partial charge on any atom is -0.308 e. The van der Waals surface area contributed by atoms with Crippen molar-refractivity contribution in [3.05, 3.63) is 33.8 Å². The third-order valence-electron chi connectivity index (χ3n) is 3.39. The molecular formula is C13H17Cl2N. The van der Waals surface area contributed by atoms with Gasteiger partial charge in [-0.15, -0.1) is 0 Å². The molecule has 1 unspecified atom stereocenters. The summed E-state index contributed by atoms with van der Waals surface area (Å²) in [7, 11) is 0. The molecule has 0 radical (unpaired) electrons. The summed E-state index contributed by atoms with van der Waals surface area (Å²) in [4.78, 5) is 0. The van der Waals surface area contributed by atoms with E-state index in [4.69, 9.17) is 23.2 Å². The van der Waals surface area contributed by atoms with Crippen molar-refractivity contribution in [3.63, 3.8) is 0 Å². The zero-order chi connectivity index (χ0) is 11.6. The highest BCUT2D eigenvalue weighted by Crippen LogP contribution is 2.35. The highest BCUT2D eigenvalue weighted by Gasteiger charge is 2.29. The highest BCUT2D eigenvalue weighted by molar-refractivity contribution is 6.33. The minimum absolute atomic E-state index is 0.0293. The summed E-state index contributed by atoms with van der Waals surface area (Å²) in [5, 5.41) is 5.16. The lowest BCUT2D eigenvalue weighted by Gasteiger charge is -2.31. The molecule has 0 saturated carbocycles. The number of halogens is 2. The fourth-order valence-electron chi connectivity index (χ4n) is 2.38. The Bertz CT molecular complexity index is 368. The van der Waals surface area contributed by atoms with Crippen LogP contribution in [0.25, 0.3) is 0 Å². The van der Waals surface area contributed by atoms with Crippen LogP contribution in [0.1, 0.15) is 38.2 Å². The Kier molecular flexibility index (Phi) is 3.78. The lowest BCUT2D eigenvalue weighted by atomic mass is 9.87. The second-order valence-electron chi connectivity index (χ2n) is 4.69. The van der Waals surface area contributed by atoms with Crippen LogP contribution in [-0.2, 0) is 5.54 Å². The fraction of sp³-hybridized carbons (Fsp3) is 0.538. The number of nitrogens with one attached hydrogen (secondary N) is 1. The van der Waals surface area contributed by atoms with Crippen molar-refractivity contribution < 1.29 is 0 Å². The van der Waals surface area contributed by atoms with Gasteiger partial charge in [0.2, 0.25) is 0 Å². The molecule has 88 valence electrons. The van der Waals surface area contributed by atoms with Crippen LogP contribution in [0.15, 0.2) is 18.2 Å². The molecule has 1 aromatic carbocycles. The summed E-state index contributed by atoms with van der Waals surface area (Å²) in [5.41, 5.74) is 1.10. The van der Waals surface area contributed by atoms with Gasteiger partial charge in [-0.25, -0.2) is 0 Å². The topological polar surface area (TPSA) is 12.0 Å². The zero-order valence-electron chi connectivity index (χ0n) is 9.52. The smallest absolute Gasteiger partial charge is 0.0457 e. The quantitative estimate of drug-likeness (QED) is 0.788. The van der Waals surface area contributed by atoms with Gasteiger partial charge >= 0.3 is 0 Å². The van der Waals surface area contributed by atoms with E-state index in [0.717, 1.165) is 28.6 Å². The van der Waals surface area contributed by atoms with Crippen molar-refractivity contribution in [2.45, 2.75) is 38.1 Å². The summed E-state index contributed by atoms with van der Waals surface area (Å²) >= 11 is 12.3. The van der Waals surface area contributed by atoms with Crippen molar-refractivity contribution in [3.8, 4) is 0 Å². The Hall–Kier alpha value is -0.240. The average molecular weight is 258 g/mol. The molecular weight excluding hydrogens is 241 g/mol. The SMILES string of the molecule is CC1(c2cc(Cl)ccc2Cl)CCCCCN1. The Balaban J connectivity index is 2.36. The molecule has 1 saturated heterocycles. The molecule has 1 aliphatic heterocycles. The lowest BCUT2D eigenvalue weighted by Crippen LogP contribution is -2.39. The molecule has 16 heavy (non-hydrogen) atoms. The summed E-state index contributed by atoms with van der Waals surface area (Å²) < 4.78 is 0. The van der Waals surface area contributed by atoms with Crippen LogP contribution in [0.2, 0.25) is 10.0 Å². The second kappa shape index (κ2) is 4.95. The van der Waals surface area contributed by atoms with Crippen molar-refractivity contribution in [1.29, 1.82) is 0 Å². The van der Waals surface area contributed by atoms with Gasteiger partial charge in [-0.2, -0.15) is 0 Å². The van der Waals surface area contributed by atoms with E-state index in [1.54, 1.807) is 0 Å². The Morgan fingerprint density at radius 2 is 2.00 bits per heavy atom. The minimum atomic E-state index is -0.0293. The normalized spacial score (nSPS) is 26.4. The number of rotatable bonds is 1. The molecule has 3 heteroatoms. The Morgan fingerprint density at radius 1 is 1.19 bits per heavy atom. The highest BCUT2D eigenvalue weighted by atomic mass is 35.5. The molecule has 1 heterocycles. The first-order valence-corrected chi connectivity index (χ1v) is 6.58. The van der Waals surface area contributed by atoms with Crippen molar-refractivity contribution in [2.24, 2.45) is 0 Å². The van der Waals surface area contributed by atoms with Gasteiger partial charge in [-0.3, -0.25) is 0 Å². The maximum Gasteiger partial charge on any atom is 0.0457 e. The van der Waals surface area contributed by atoms with E-state index >= 15 is 0 Å². The van der Waals surface area contributed by atoms with Crippen LogP contribution in [0.3, 0.4) is 0 Å². The van der Waals surface area contributed by atoms with Crippen molar-refractivity contribution in [2.75, 3.05) is 6.54 Å². The van der Waals surface area contributed by atoms with Gasteiger partial charge in [-0.05, 0) is 50.1 Å². The third-order valence-corrected chi connectivity index (χ3v) is 3.96. The largest absolute Gasteiger partial charge is 0.308 e. The molecule has 1 aliphatic rings. The van der Waals surface area contributed by atoms with Gasteiger partial charge in [0.1, 0.15) is 0 Å². The van der Waals surface area contributed by atoms with Gasteiger partial charge in [0.05, 0.1) is 0 Å². The second-order valence-corrected chi connectivity index (χ2v) is 5.54. The number of benzene rings is 1. The van der Waals surface area contributed by atoms with E-state index in [2.05, 4.69) is 12.2 Å². The van der Waals surface area contributed by atoms with Crippen LogP contribution in [0.5, 0.6) is 0 Å². The number of hydrogen-bond donors (Lipinski definition) is 1. The molecule has 1 fully saturated rings. The van der Waals surface area contributed by atoms with Gasteiger partial charge in [0, 0.05) is 15.6 Å². The van der Waals surface area contributed by atoms with E-state index in [9.17, 15) is 0 Å². The Labute approximate surface area is 107 Å². The van der Waals surface area contributed by atoms with Crippen LogP contribution < -0.4 is 5.32 Å². The van der Waals surface area contributed by atoms with Gasteiger partial charge in [0.25, 0.3) is 0 Å². The maximum absolute atomic E-state index is 6.27. The van der Waals surface area contributed by atoms with Gasteiger partial charge < -0.3 is 5.32 Å². The summed E-state index contributed by atoms with van der Waals surface area (Å²) in [5.74, 6) is 0. The average Bonchev–Trinajstić information content (AvgIpc) is 2.48. The predicted octanol–water partition coefficient (Wildman–Crippen LogP) is 4.37. The lowest BCUT2D eigenvalue weighted by molar-refractivity contribution is 0.360. The van der Waals surface area contributed by atoms with Gasteiger partial charge in [0.15, 0.2) is 0 Å². The molecule has 1 N–H and O–H groups in total. The van der Waals surface area contributed by atoms with E-state index in [1.165, 1.54) is 19.3 Å². The first kappa shape index (κ1) is 12.2. The standard InChI is InChI=1S/C13H17Cl2N/c1-13(7-3-2-4-8-16-13)11-9-10(14)5-6-12(11)15/h5-6,9,16H,2-4,7-8H2,1H3. The maximum atomic E-state index is 6.27. The van der Waals surface area contributed by atoms with Crippen LogP contribution in [0.4, 0.5) is 0 Å². The summed E-state index contributed by atoms with van der Waals surface area (Å²) in [6.45, 7) is 3.27. The molecule has 0 bridgehead atoms. The molecule has 1 aromatic rings. The monoisotopic (exact) mass is 257 g/mol. The third kappa shape index (κ3) is 2.53. The first-order valence-electron chi connectivity index (χ1n) is 5.82. The predicted molar refractivity (Wildman–Crippen MR) is 70.3 cm³/mol. The van der Waals surface area contributed by atoms with Crippen LogP contribution in [0, 0.1) is 0 Å². The molecule has 0 aliphatic carbocycles. The van der Waals surface area contributed by atoms with Crippen molar-refractivity contribution >= 4 is 23.2 Å². The van der Waals surface area contributed by atoms with E-state index in [1.807, 2.05) is 18.2 Å². The van der Waals surface area contributed by atoms with Crippen molar-refractivity contribution in [1.82, 2.24) is 5.32 Å². The molecule has 1 atom stereocenters. The number of hydrogen-bond acceptors (Lipinski definition) is 1. The van der Waals surface area contributed by atoms with E-state index in [0.29, 0.717) is 0 Å². The fourth-order valence-corrected chi connectivity index (χ4v) is 2.88. The van der Waals surface area contributed by atoms with Gasteiger partial charge in [-0.1, -0.05) is 36.0 Å². The first-order chi connectivity index (χ1) is 7.62.